The number of carbonyl (C=O) groups is 2. The summed E-state index contributed by atoms with van der Waals surface area (Å²) in [5.74, 6) is -0.273. The third-order valence-electron chi connectivity index (χ3n) is 3.35. The molecule has 1 saturated heterocycles. The van der Waals surface area contributed by atoms with Gasteiger partial charge in [0.05, 0.1) is 5.69 Å². The van der Waals surface area contributed by atoms with E-state index in [0.29, 0.717) is 11.5 Å². The van der Waals surface area contributed by atoms with Crippen LogP contribution in [0.2, 0.25) is 0 Å². The smallest absolute Gasteiger partial charge is 0.244 e. The maximum atomic E-state index is 12.2. The van der Waals surface area contributed by atoms with Crippen LogP contribution in [0.5, 0.6) is 0 Å². The van der Waals surface area contributed by atoms with E-state index in [2.05, 4.69) is 4.98 Å². The van der Waals surface area contributed by atoms with Gasteiger partial charge >= 0.3 is 0 Å². The second-order valence-corrected chi connectivity index (χ2v) is 5.31. The van der Waals surface area contributed by atoms with E-state index < -0.39 is 0 Å². The van der Waals surface area contributed by atoms with Crippen LogP contribution in [-0.2, 0) is 9.59 Å². The van der Waals surface area contributed by atoms with Crippen molar-refractivity contribution < 1.29 is 9.59 Å². The summed E-state index contributed by atoms with van der Waals surface area (Å²) >= 11 is 5.37. The molecule has 5 nitrogen and oxygen atoms in total. The van der Waals surface area contributed by atoms with Crippen LogP contribution >= 0.6 is 12.2 Å². The van der Waals surface area contributed by atoms with Gasteiger partial charge in [0, 0.05) is 6.20 Å². The quantitative estimate of drug-likeness (QED) is 0.631. The largest absolute Gasteiger partial charge is 0.273 e. The predicted molar refractivity (Wildman–Crippen MR) is 87.6 cm³/mol. The van der Waals surface area contributed by atoms with Crippen LogP contribution in [0.25, 0.3) is 0 Å². The van der Waals surface area contributed by atoms with Gasteiger partial charge in [-0.1, -0.05) is 23.8 Å². The standard InChI is InChI=1S/C16H13N3O2S/c1-11-5-7-12(8-6-11)18-14(20)10-15(21)19(16(18)22)13-4-2-3-9-17-13/h2-9H,10H2,1H3. The number of aryl methyl sites for hydroxylation is 1. The van der Waals surface area contributed by atoms with Gasteiger partial charge in [-0.15, -0.1) is 0 Å². The molecule has 0 unspecified atom stereocenters. The number of rotatable bonds is 2. The molecular weight excluding hydrogens is 298 g/mol. The van der Waals surface area contributed by atoms with Crippen LogP contribution in [0.15, 0.2) is 48.7 Å². The Morgan fingerprint density at radius 1 is 1.00 bits per heavy atom. The number of aromatic nitrogens is 1. The number of pyridine rings is 1. The number of benzene rings is 1. The van der Waals surface area contributed by atoms with Crippen LogP contribution < -0.4 is 9.80 Å². The van der Waals surface area contributed by atoms with E-state index in [9.17, 15) is 9.59 Å². The predicted octanol–water partition coefficient (Wildman–Crippen LogP) is 2.44. The van der Waals surface area contributed by atoms with Crippen molar-refractivity contribution in [2.24, 2.45) is 0 Å². The summed E-state index contributed by atoms with van der Waals surface area (Å²) in [5.41, 5.74) is 1.73. The van der Waals surface area contributed by atoms with Crippen LogP contribution in [0.1, 0.15) is 12.0 Å². The fourth-order valence-corrected chi connectivity index (χ4v) is 2.66. The molecule has 2 aromatic rings. The number of hydrogen-bond donors (Lipinski definition) is 0. The second-order valence-electron chi connectivity index (χ2n) is 4.94. The maximum Gasteiger partial charge on any atom is 0.244 e. The average molecular weight is 311 g/mol. The molecule has 0 spiro atoms. The molecule has 1 aliphatic rings. The zero-order chi connectivity index (χ0) is 15.7. The molecule has 0 aliphatic carbocycles. The third kappa shape index (κ3) is 2.48. The molecule has 2 amide bonds. The number of thiocarbonyl (C=S) groups is 1. The summed E-state index contributed by atoms with van der Waals surface area (Å²) in [6.45, 7) is 1.96. The summed E-state index contributed by atoms with van der Waals surface area (Å²) in [5, 5.41) is 0.129. The lowest BCUT2D eigenvalue weighted by Gasteiger charge is -2.34. The molecule has 1 aliphatic heterocycles. The van der Waals surface area contributed by atoms with Crippen molar-refractivity contribution in [1.82, 2.24) is 4.98 Å². The molecule has 0 bridgehead atoms. The zero-order valence-corrected chi connectivity index (χ0v) is 12.7. The van der Waals surface area contributed by atoms with Gasteiger partial charge in [-0.2, -0.15) is 0 Å². The summed E-state index contributed by atoms with van der Waals surface area (Å²) < 4.78 is 0. The molecule has 6 heteroatoms. The molecule has 1 aromatic heterocycles. The van der Waals surface area contributed by atoms with Crippen molar-refractivity contribution >= 4 is 40.6 Å². The van der Waals surface area contributed by atoms with Gasteiger partial charge in [0.25, 0.3) is 0 Å². The average Bonchev–Trinajstić information content (AvgIpc) is 2.50. The molecule has 110 valence electrons. The fraction of sp³-hybridized carbons (Fsp3) is 0.125. The Morgan fingerprint density at radius 3 is 2.32 bits per heavy atom. The molecule has 22 heavy (non-hydrogen) atoms. The highest BCUT2D eigenvalue weighted by Crippen LogP contribution is 2.25. The van der Waals surface area contributed by atoms with Crippen LogP contribution in [0.4, 0.5) is 11.5 Å². The summed E-state index contributed by atoms with van der Waals surface area (Å²) in [4.78, 5) is 31.3. The van der Waals surface area contributed by atoms with Gasteiger partial charge in [-0.3, -0.25) is 14.5 Å². The Balaban J connectivity index is 2.01. The molecule has 1 aromatic carbocycles. The van der Waals surface area contributed by atoms with E-state index in [4.69, 9.17) is 12.2 Å². The molecule has 3 rings (SSSR count). The third-order valence-corrected chi connectivity index (χ3v) is 3.72. The van der Waals surface area contributed by atoms with Crippen LogP contribution in [0.3, 0.4) is 0 Å². The molecule has 2 heterocycles. The molecule has 0 radical (unpaired) electrons. The first kappa shape index (κ1) is 14.3. The monoisotopic (exact) mass is 311 g/mol. The highest BCUT2D eigenvalue weighted by molar-refractivity contribution is 7.81. The van der Waals surface area contributed by atoms with Crippen molar-refractivity contribution in [3.05, 3.63) is 54.2 Å². The normalized spacial score (nSPS) is 15.4. The van der Waals surface area contributed by atoms with Crippen LogP contribution in [-0.4, -0.2) is 21.9 Å². The summed E-state index contributed by atoms with van der Waals surface area (Å²) in [6.07, 6.45) is 1.35. The number of carbonyl (C=O) groups excluding carboxylic acids is 2. The zero-order valence-electron chi connectivity index (χ0n) is 11.9. The van der Waals surface area contributed by atoms with E-state index in [1.165, 1.54) is 9.80 Å². The molecule has 1 fully saturated rings. The highest BCUT2D eigenvalue weighted by atomic mass is 32.1. The summed E-state index contributed by atoms with van der Waals surface area (Å²) in [7, 11) is 0. The van der Waals surface area contributed by atoms with Crippen molar-refractivity contribution in [1.29, 1.82) is 0 Å². The van der Waals surface area contributed by atoms with Gasteiger partial charge in [-0.25, -0.2) is 9.88 Å². The molecule has 0 saturated carbocycles. The minimum atomic E-state index is -0.364. The van der Waals surface area contributed by atoms with Crippen molar-refractivity contribution in [3.63, 3.8) is 0 Å². The van der Waals surface area contributed by atoms with Crippen molar-refractivity contribution in [2.45, 2.75) is 13.3 Å². The lowest BCUT2D eigenvalue weighted by Crippen LogP contribution is -2.55. The van der Waals surface area contributed by atoms with Gasteiger partial charge < -0.3 is 0 Å². The minimum Gasteiger partial charge on any atom is -0.273 e. The lowest BCUT2D eigenvalue weighted by atomic mass is 10.2. The van der Waals surface area contributed by atoms with Crippen LogP contribution in [0, 0.1) is 6.92 Å². The van der Waals surface area contributed by atoms with Gasteiger partial charge in [0.2, 0.25) is 11.8 Å². The van der Waals surface area contributed by atoms with Gasteiger partial charge in [-0.05, 0) is 43.4 Å². The van der Waals surface area contributed by atoms with Crippen molar-refractivity contribution in [3.8, 4) is 0 Å². The second kappa shape index (κ2) is 5.65. The number of amides is 2. The van der Waals surface area contributed by atoms with E-state index in [1.807, 2.05) is 31.2 Å². The Bertz CT molecular complexity index is 744. The maximum absolute atomic E-state index is 12.2. The fourth-order valence-electron chi connectivity index (χ4n) is 2.26. The SMILES string of the molecule is Cc1ccc(N2C(=O)CC(=O)N(c3ccccn3)C2=S)cc1. The lowest BCUT2D eigenvalue weighted by molar-refractivity contribution is -0.126. The molecular formula is C16H13N3O2S. The first-order valence-electron chi connectivity index (χ1n) is 6.75. The Morgan fingerprint density at radius 2 is 1.68 bits per heavy atom. The molecule has 0 N–H and O–H groups in total. The number of hydrogen-bond acceptors (Lipinski definition) is 4. The minimum absolute atomic E-state index is 0.129. The van der Waals surface area contributed by atoms with E-state index >= 15 is 0 Å². The van der Waals surface area contributed by atoms with Gasteiger partial charge in [0.15, 0.2) is 5.11 Å². The number of anilines is 2. The Hall–Kier alpha value is -2.60. The Kier molecular flexibility index (Phi) is 3.68. The highest BCUT2D eigenvalue weighted by Gasteiger charge is 2.37. The number of nitrogens with zero attached hydrogens (tertiary/aromatic N) is 3. The topological polar surface area (TPSA) is 53.5 Å². The Labute approximate surface area is 133 Å². The summed E-state index contributed by atoms with van der Waals surface area (Å²) in [6, 6.07) is 12.6. The van der Waals surface area contributed by atoms with E-state index in [0.717, 1.165) is 5.56 Å². The first-order chi connectivity index (χ1) is 10.6. The molecule has 0 atom stereocenters. The van der Waals surface area contributed by atoms with Crippen molar-refractivity contribution in [2.75, 3.05) is 9.80 Å². The first-order valence-corrected chi connectivity index (χ1v) is 7.16. The van der Waals surface area contributed by atoms with Gasteiger partial charge in [0.1, 0.15) is 12.2 Å². The van der Waals surface area contributed by atoms with E-state index in [1.54, 1.807) is 24.4 Å². The van der Waals surface area contributed by atoms with E-state index in [-0.39, 0.29) is 23.3 Å².